The van der Waals surface area contributed by atoms with Crippen LogP contribution in [0.15, 0.2) is 71.5 Å². The summed E-state index contributed by atoms with van der Waals surface area (Å²) in [6, 6.07) is 18.8. The summed E-state index contributed by atoms with van der Waals surface area (Å²) < 4.78 is 12.5. The number of benzene rings is 3. The van der Waals surface area contributed by atoms with Gasteiger partial charge in [0.05, 0.1) is 36.9 Å². The molecule has 192 valence electrons. The Kier molecular flexibility index (Phi) is 7.33. The molecule has 3 aromatic carbocycles. The molecule has 0 radical (unpaired) electrons. The van der Waals surface area contributed by atoms with Crippen molar-refractivity contribution in [3.63, 3.8) is 0 Å². The highest BCUT2D eigenvalue weighted by Crippen LogP contribution is 2.37. The van der Waals surface area contributed by atoms with Gasteiger partial charge < -0.3 is 19.8 Å². The van der Waals surface area contributed by atoms with E-state index in [-0.39, 0.29) is 5.56 Å². The Morgan fingerprint density at radius 3 is 2.35 bits per heavy atom. The Balaban J connectivity index is 1.90. The van der Waals surface area contributed by atoms with Crippen LogP contribution in [0.3, 0.4) is 0 Å². The Labute approximate surface area is 215 Å². The van der Waals surface area contributed by atoms with Gasteiger partial charge in [0.25, 0.3) is 5.56 Å². The van der Waals surface area contributed by atoms with Gasteiger partial charge in [0.1, 0.15) is 11.5 Å². The topological polar surface area (TPSA) is 88.9 Å². The Hall–Kier alpha value is -4.53. The summed E-state index contributed by atoms with van der Waals surface area (Å²) in [5, 5.41) is 5.12. The number of nitrogens with one attached hydrogen (secondary N) is 1. The van der Waals surface area contributed by atoms with Crippen molar-refractivity contribution in [1.29, 1.82) is 0 Å². The monoisotopic (exact) mass is 501 g/mol. The number of ether oxygens (including phenoxy) is 2. The highest BCUT2D eigenvalue weighted by Gasteiger charge is 2.31. The highest BCUT2D eigenvalue weighted by molar-refractivity contribution is 6.03. The second kappa shape index (κ2) is 10.6. The van der Waals surface area contributed by atoms with Gasteiger partial charge in [0, 0.05) is 25.8 Å². The highest BCUT2D eigenvalue weighted by atomic mass is 16.5. The predicted molar refractivity (Wildman–Crippen MR) is 147 cm³/mol. The van der Waals surface area contributed by atoms with Crippen molar-refractivity contribution in [2.75, 3.05) is 43.5 Å². The van der Waals surface area contributed by atoms with Crippen LogP contribution in [0.2, 0.25) is 0 Å². The van der Waals surface area contributed by atoms with Gasteiger partial charge in [-0.3, -0.25) is 9.69 Å². The largest absolute Gasteiger partial charge is 0.497 e. The van der Waals surface area contributed by atoms with Crippen molar-refractivity contribution in [1.82, 2.24) is 9.66 Å². The van der Waals surface area contributed by atoms with Gasteiger partial charge in [0.2, 0.25) is 0 Å². The van der Waals surface area contributed by atoms with Crippen molar-refractivity contribution >= 4 is 28.3 Å². The lowest BCUT2D eigenvalue weighted by atomic mass is 10.1. The first-order valence-electron chi connectivity index (χ1n) is 11.8. The smallest absolute Gasteiger partial charge is 0.327 e. The molecule has 0 bridgehead atoms. The van der Waals surface area contributed by atoms with Crippen LogP contribution in [0.5, 0.6) is 11.5 Å². The molecule has 0 unspecified atom stereocenters. The van der Waals surface area contributed by atoms with Crippen molar-refractivity contribution in [2.45, 2.75) is 19.9 Å². The molecule has 1 atom stereocenters. The molecule has 1 aromatic heterocycles. The molecule has 4 aromatic rings. The molecule has 0 aliphatic heterocycles. The molecule has 0 spiro atoms. The molecular weight excluding hydrogens is 470 g/mol. The van der Waals surface area contributed by atoms with Crippen molar-refractivity contribution < 1.29 is 14.3 Å². The third-order valence-corrected chi connectivity index (χ3v) is 6.11. The normalized spacial score (nSPS) is 11.6. The second-order valence-corrected chi connectivity index (χ2v) is 8.83. The summed E-state index contributed by atoms with van der Waals surface area (Å²) in [5.74, 6) is 1.41. The number of para-hydroxylation sites is 1. The van der Waals surface area contributed by atoms with Gasteiger partial charge in [0.15, 0.2) is 5.82 Å². The van der Waals surface area contributed by atoms with Crippen LogP contribution in [0.1, 0.15) is 24.4 Å². The number of amides is 2. The number of aryl methyl sites for hydroxylation is 1. The van der Waals surface area contributed by atoms with Gasteiger partial charge in [-0.15, -0.1) is 0 Å². The molecule has 0 aliphatic carbocycles. The Morgan fingerprint density at radius 1 is 1.00 bits per heavy atom. The number of fused-ring (bicyclic) bond motifs is 1. The van der Waals surface area contributed by atoms with E-state index in [1.807, 2.05) is 44.2 Å². The minimum Gasteiger partial charge on any atom is -0.497 e. The molecule has 2 amide bonds. The quantitative estimate of drug-likeness (QED) is 0.394. The average Bonchev–Trinajstić information content (AvgIpc) is 2.89. The fourth-order valence-electron chi connectivity index (χ4n) is 4.21. The van der Waals surface area contributed by atoms with Crippen LogP contribution in [0.25, 0.3) is 10.9 Å². The maximum atomic E-state index is 13.9. The van der Waals surface area contributed by atoms with E-state index in [0.717, 1.165) is 5.56 Å². The first-order chi connectivity index (χ1) is 17.7. The minimum atomic E-state index is -0.674. The van der Waals surface area contributed by atoms with Gasteiger partial charge >= 0.3 is 6.03 Å². The van der Waals surface area contributed by atoms with Crippen LogP contribution in [0.4, 0.5) is 16.2 Å². The zero-order valence-electron chi connectivity index (χ0n) is 21.9. The van der Waals surface area contributed by atoms with Crippen LogP contribution in [-0.4, -0.2) is 44.0 Å². The summed E-state index contributed by atoms with van der Waals surface area (Å²) in [7, 11) is 6.62. The number of rotatable bonds is 7. The zero-order chi connectivity index (χ0) is 26.7. The summed E-state index contributed by atoms with van der Waals surface area (Å²) in [6.45, 7) is 3.81. The lowest BCUT2D eigenvalue weighted by Crippen LogP contribution is -2.44. The molecule has 4 rings (SSSR count). The fraction of sp³-hybridized carbons (Fsp3) is 0.250. The van der Waals surface area contributed by atoms with E-state index in [1.165, 1.54) is 16.7 Å². The lowest BCUT2D eigenvalue weighted by Gasteiger charge is -2.32. The molecule has 1 N–H and O–H groups in total. The minimum absolute atomic E-state index is 0.224. The number of hydrogen-bond donors (Lipinski definition) is 1. The van der Waals surface area contributed by atoms with E-state index in [0.29, 0.717) is 39.6 Å². The van der Waals surface area contributed by atoms with Crippen molar-refractivity contribution in [3.05, 3.63) is 88.5 Å². The number of aromatic nitrogens is 2. The summed E-state index contributed by atoms with van der Waals surface area (Å²) >= 11 is 0. The predicted octanol–water partition coefficient (Wildman–Crippen LogP) is 4.72. The summed E-state index contributed by atoms with van der Waals surface area (Å²) in [4.78, 5) is 33.7. The van der Waals surface area contributed by atoms with Crippen molar-refractivity contribution in [2.24, 2.45) is 0 Å². The van der Waals surface area contributed by atoms with Crippen LogP contribution in [-0.2, 0) is 0 Å². The Morgan fingerprint density at radius 2 is 1.70 bits per heavy atom. The zero-order valence-corrected chi connectivity index (χ0v) is 21.9. The number of anilines is 2. The maximum absolute atomic E-state index is 13.9. The van der Waals surface area contributed by atoms with Crippen LogP contribution in [0, 0.1) is 6.92 Å². The first kappa shape index (κ1) is 25.6. The average molecular weight is 502 g/mol. The lowest BCUT2D eigenvalue weighted by molar-refractivity contribution is 0.254. The molecule has 0 saturated heterocycles. The maximum Gasteiger partial charge on any atom is 0.327 e. The van der Waals surface area contributed by atoms with Gasteiger partial charge in [-0.05, 0) is 50.2 Å². The molecule has 0 aliphatic rings. The van der Waals surface area contributed by atoms with E-state index in [2.05, 4.69) is 5.32 Å². The van der Waals surface area contributed by atoms with Gasteiger partial charge in [-0.25, -0.2) is 14.5 Å². The molecule has 37 heavy (non-hydrogen) atoms. The number of nitrogens with zero attached hydrogens (tertiary/aromatic N) is 4. The number of hydrogen-bond acceptors (Lipinski definition) is 6. The molecule has 1 heterocycles. The van der Waals surface area contributed by atoms with Crippen LogP contribution >= 0.6 is 0 Å². The second-order valence-electron chi connectivity index (χ2n) is 8.83. The molecular formula is C28H31N5O4. The summed E-state index contributed by atoms with van der Waals surface area (Å²) in [6.07, 6.45) is 0. The summed E-state index contributed by atoms with van der Waals surface area (Å²) in [5.41, 5.74) is 2.53. The standard InChI is InChI=1S/C28H31N5O4/c1-18-11-13-20(14-12-18)29-28(35)32(24-16-15-21(36-5)17-25(24)37-6)19(2)26-30-23-10-8-7-9-22(23)27(34)33(26)31(3)4/h7-17,19H,1-6H3,(H,29,35)/t19-/m0/s1. The third-order valence-electron chi connectivity index (χ3n) is 6.11. The first-order valence-corrected chi connectivity index (χ1v) is 11.8. The van der Waals surface area contributed by atoms with E-state index in [1.54, 1.807) is 62.6 Å². The molecule has 0 fully saturated rings. The molecule has 9 heteroatoms. The molecule has 9 nitrogen and oxygen atoms in total. The van der Waals surface area contributed by atoms with E-state index in [4.69, 9.17) is 14.5 Å². The fourth-order valence-corrected chi connectivity index (χ4v) is 4.21. The van der Waals surface area contributed by atoms with E-state index < -0.39 is 12.1 Å². The number of methoxy groups -OCH3 is 2. The SMILES string of the molecule is COc1ccc(N(C(=O)Nc2ccc(C)cc2)[C@@H](C)c2nc3ccccc3c(=O)n2N(C)C)c(OC)c1. The van der Waals surface area contributed by atoms with Gasteiger partial charge in [-0.1, -0.05) is 29.8 Å². The number of carbonyl (C=O) groups excluding carboxylic acids is 1. The van der Waals surface area contributed by atoms with Crippen molar-refractivity contribution in [3.8, 4) is 11.5 Å². The third kappa shape index (κ3) is 5.06. The van der Waals surface area contributed by atoms with Crippen LogP contribution < -0.4 is 30.3 Å². The molecule has 0 saturated carbocycles. The van der Waals surface area contributed by atoms with Gasteiger partial charge in [-0.2, -0.15) is 0 Å². The number of carbonyl (C=O) groups is 1. The Bertz CT molecular complexity index is 1480. The van der Waals surface area contributed by atoms with E-state index in [9.17, 15) is 9.59 Å². The van der Waals surface area contributed by atoms with E-state index >= 15 is 0 Å². The number of urea groups is 1.